The van der Waals surface area contributed by atoms with Gasteiger partial charge in [0, 0.05) is 19.4 Å². The summed E-state index contributed by atoms with van der Waals surface area (Å²) in [4.78, 5) is 34.7. The first-order valence-corrected chi connectivity index (χ1v) is 22.1. The maximum absolute atomic E-state index is 12.5. The van der Waals surface area contributed by atoms with Crippen molar-refractivity contribution in [3.63, 3.8) is 0 Å². The van der Waals surface area contributed by atoms with Crippen LogP contribution in [-0.2, 0) is 32.7 Å². The fourth-order valence-corrected chi connectivity index (χ4v) is 5.77. The normalized spacial score (nSPS) is 14.2. The molecule has 0 aliphatic rings. The van der Waals surface area contributed by atoms with Crippen LogP contribution in [0.4, 0.5) is 0 Å². The van der Waals surface area contributed by atoms with Gasteiger partial charge in [-0.15, -0.1) is 0 Å². The van der Waals surface area contributed by atoms with Gasteiger partial charge in [-0.2, -0.15) is 0 Å². The molecule has 0 aromatic carbocycles. The Labute approximate surface area is 328 Å². The highest BCUT2D eigenvalue weighted by Gasteiger charge is 2.25. The summed E-state index contributed by atoms with van der Waals surface area (Å²) in [6, 6.07) is 0. The zero-order valence-corrected chi connectivity index (χ0v) is 34.6. The highest BCUT2D eigenvalue weighted by molar-refractivity contribution is 7.47. The van der Waals surface area contributed by atoms with Gasteiger partial charge in [0.1, 0.15) is 6.61 Å². The van der Waals surface area contributed by atoms with Crippen molar-refractivity contribution in [1.29, 1.82) is 0 Å². The lowest BCUT2D eigenvalue weighted by Crippen LogP contribution is -2.29. The molecular formula is C44H74NO8P. The van der Waals surface area contributed by atoms with E-state index in [1.165, 1.54) is 38.5 Å². The second kappa shape index (κ2) is 39.9. The van der Waals surface area contributed by atoms with Crippen LogP contribution in [0.5, 0.6) is 0 Å². The summed E-state index contributed by atoms with van der Waals surface area (Å²) in [5.41, 5.74) is 5.33. The summed E-state index contributed by atoms with van der Waals surface area (Å²) in [6.45, 7) is 3.48. The Morgan fingerprint density at radius 1 is 0.574 bits per heavy atom. The predicted octanol–water partition coefficient (Wildman–Crippen LogP) is 11.7. The first-order chi connectivity index (χ1) is 26.3. The molecular weight excluding hydrogens is 701 g/mol. The molecule has 3 N–H and O–H groups in total. The van der Waals surface area contributed by atoms with Gasteiger partial charge in [0.25, 0.3) is 0 Å². The Hall–Kier alpha value is -2.81. The van der Waals surface area contributed by atoms with E-state index in [0.29, 0.717) is 12.8 Å². The largest absolute Gasteiger partial charge is 0.472 e. The molecule has 0 heterocycles. The third kappa shape index (κ3) is 38.9. The number of esters is 2. The van der Waals surface area contributed by atoms with Crippen molar-refractivity contribution in [1.82, 2.24) is 0 Å². The summed E-state index contributed by atoms with van der Waals surface area (Å²) in [6.07, 6.45) is 49.2. The van der Waals surface area contributed by atoms with Crippen molar-refractivity contribution < 1.29 is 37.6 Å². The first kappa shape index (κ1) is 51.2. The van der Waals surface area contributed by atoms with Crippen molar-refractivity contribution in [2.75, 3.05) is 26.4 Å². The maximum atomic E-state index is 12.5. The van der Waals surface area contributed by atoms with E-state index in [0.717, 1.165) is 70.6 Å². The van der Waals surface area contributed by atoms with Gasteiger partial charge in [-0.25, -0.2) is 4.57 Å². The molecule has 0 radical (unpaired) electrons. The molecule has 0 aliphatic heterocycles. The second-order valence-corrected chi connectivity index (χ2v) is 14.6. The quantitative estimate of drug-likeness (QED) is 0.0274. The zero-order valence-electron chi connectivity index (χ0n) is 33.7. The topological polar surface area (TPSA) is 134 Å². The van der Waals surface area contributed by atoms with Crippen molar-refractivity contribution >= 4 is 19.8 Å². The van der Waals surface area contributed by atoms with Gasteiger partial charge in [0.2, 0.25) is 0 Å². The predicted molar refractivity (Wildman–Crippen MR) is 224 cm³/mol. The Balaban J connectivity index is 4.30. The molecule has 2 unspecified atom stereocenters. The van der Waals surface area contributed by atoms with Gasteiger partial charge in [-0.1, -0.05) is 144 Å². The van der Waals surface area contributed by atoms with Gasteiger partial charge in [-0.3, -0.25) is 18.6 Å². The Kier molecular flexibility index (Phi) is 37.8. The number of carbonyl (C=O) groups is 2. The number of hydrogen-bond donors (Lipinski definition) is 2. The highest BCUT2D eigenvalue weighted by atomic mass is 31.2. The minimum atomic E-state index is -4.40. The van der Waals surface area contributed by atoms with Gasteiger partial charge in [0.05, 0.1) is 13.2 Å². The molecule has 10 heteroatoms. The number of nitrogens with two attached hydrogens (primary N) is 1. The summed E-state index contributed by atoms with van der Waals surface area (Å²) in [5.74, 6) is -0.945. The third-order valence-electron chi connectivity index (χ3n) is 8.03. The molecule has 0 bridgehead atoms. The molecule has 0 aliphatic carbocycles. The highest BCUT2D eigenvalue weighted by Crippen LogP contribution is 2.43. The number of carbonyl (C=O) groups excluding carboxylic acids is 2. The van der Waals surface area contributed by atoms with Crippen LogP contribution in [0.1, 0.15) is 149 Å². The number of unbranched alkanes of at least 4 members (excludes halogenated alkanes) is 10. The lowest BCUT2D eigenvalue weighted by Gasteiger charge is -2.19. The van der Waals surface area contributed by atoms with Crippen LogP contribution in [0.3, 0.4) is 0 Å². The number of phosphoric ester groups is 1. The molecule has 0 fully saturated rings. The van der Waals surface area contributed by atoms with E-state index in [9.17, 15) is 19.0 Å². The summed E-state index contributed by atoms with van der Waals surface area (Å²) < 4.78 is 32.6. The van der Waals surface area contributed by atoms with Crippen molar-refractivity contribution in [2.45, 2.75) is 155 Å². The number of allylic oxidation sites excluding steroid dienone is 14. The van der Waals surface area contributed by atoms with E-state index in [-0.39, 0.29) is 32.6 Å². The zero-order chi connectivity index (χ0) is 39.6. The van der Waals surface area contributed by atoms with E-state index in [4.69, 9.17) is 24.3 Å². The van der Waals surface area contributed by atoms with Crippen LogP contribution in [-0.4, -0.2) is 49.3 Å². The third-order valence-corrected chi connectivity index (χ3v) is 9.01. The molecule has 0 spiro atoms. The molecule has 308 valence electrons. The summed E-state index contributed by atoms with van der Waals surface area (Å²) in [5, 5.41) is 0. The van der Waals surface area contributed by atoms with Crippen molar-refractivity contribution in [3.8, 4) is 0 Å². The Bertz CT molecular complexity index is 1160. The fraction of sp³-hybridized carbons (Fsp3) is 0.636. The van der Waals surface area contributed by atoms with Crippen LogP contribution in [0.15, 0.2) is 85.1 Å². The molecule has 2 atom stereocenters. The van der Waals surface area contributed by atoms with Gasteiger partial charge < -0.3 is 20.1 Å². The smallest absolute Gasteiger partial charge is 0.462 e. The van der Waals surface area contributed by atoms with Crippen LogP contribution in [0.2, 0.25) is 0 Å². The van der Waals surface area contributed by atoms with Gasteiger partial charge >= 0.3 is 19.8 Å². The molecule has 9 nitrogen and oxygen atoms in total. The maximum Gasteiger partial charge on any atom is 0.472 e. The van der Waals surface area contributed by atoms with E-state index in [1.54, 1.807) is 0 Å². The number of rotatable bonds is 37. The minimum absolute atomic E-state index is 0.0375. The standard InChI is InChI=1S/C44H74NO8P/c1-3-5-7-9-11-13-15-17-18-19-20-21-22-23-25-26-28-30-32-34-36-43(46)50-40-42(41-52-54(48,49)51-39-38-45)53-44(47)37-35-33-31-29-27-24-16-14-12-10-8-6-4-2/h5,7,11,13,17-18,20-21,23-25,27,31,33,42H,3-4,6,8-10,12,14-16,19,22,26,28-30,32,34-41,45H2,1-2H3,(H,48,49)/b7-5+,13-11+,18-17+,21-20+,25-23+,27-24+,33-31+. The Morgan fingerprint density at radius 2 is 1.06 bits per heavy atom. The average molecular weight is 776 g/mol. The van der Waals surface area contributed by atoms with Gasteiger partial charge in [0.15, 0.2) is 6.10 Å². The summed E-state index contributed by atoms with van der Waals surface area (Å²) >= 11 is 0. The lowest BCUT2D eigenvalue weighted by molar-refractivity contribution is -0.161. The van der Waals surface area contributed by atoms with E-state index < -0.39 is 32.5 Å². The molecule has 0 amide bonds. The van der Waals surface area contributed by atoms with E-state index in [1.807, 2.05) is 12.2 Å². The van der Waals surface area contributed by atoms with Gasteiger partial charge in [-0.05, 0) is 77.0 Å². The Morgan fingerprint density at radius 3 is 1.59 bits per heavy atom. The second-order valence-electron chi connectivity index (χ2n) is 13.1. The van der Waals surface area contributed by atoms with Crippen LogP contribution >= 0.6 is 7.82 Å². The van der Waals surface area contributed by atoms with Crippen LogP contribution in [0, 0.1) is 0 Å². The summed E-state index contributed by atoms with van der Waals surface area (Å²) in [7, 11) is -4.40. The molecule has 0 rings (SSSR count). The molecule has 0 aromatic heterocycles. The molecule has 54 heavy (non-hydrogen) atoms. The fourth-order valence-electron chi connectivity index (χ4n) is 5.01. The van der Waals surface area contributed by atoms with E-state index in [2.05, 4.69) is 86.8 Å². The average Bonchev–Trinajstić information content (AvgIpc) is 3.16. The van der Waals surface area contributed by atoms with Crippen molar-refractivity contribution in [2.24, 2.45) is 5.73 Å². The molecule has 0 aromatic rings. The first-order valence-electron chi connectivity index (χ1n) is 20.6. The SMILES string of the molecule is CC/C=C/C/C=C/C/C=C/C/C=C/C/C=C/CCCCCCC(=O)OCC(COP(=O)(O)OCCN)OC(=O)CC/C=C/C/C=C/CCCCCCCC. The van der Waals surface area contributed by atoms with Crippen LogP contribution < -0.4 is 5.73 Å². The van der Waals surface area contributed by atoms with Crippen LogP contribution in [0.25, 0.3) is 0 Å². The van der Waals surface area contributed by atoms with E-state index >= 15 is 0 Å². The monoisotopic (exact) mass is 776 g/mol. The lowest BCUT2D eigenvalue weighted by atomic mass is 10.1. The molecule has 0 saturated heterocycles. The number of ether oxygens (including phenoxy) is 2. The number of hydrogen-bond acceptors (Lipinski definition) is 8. The minimum Gasteiger partial charge on any atom is -0.462 e. The number of phosphoric acid groups is 1. The molecule has 0 saturated carbocycles. The van der Waals surface area contributed by atoms with Crippen molar-refractivity contribution in [3.05, 3.63) is 85.1 Å².